The van der Waals surface area contributed by atoms with Gasteiger partial charge in [0.2, 0.25) is 11.8 Å². The highest BCUT2D eigenvalue weighted by molar-refractivity contribution is 5.85. The lowest BCUT2D eigenvalue weighted by atomic mass is 10.1. The van der Waals surface area contributed by atoms with Crippen LogP contribution >= 0.6 is 0 Å². The fraction of sp³-hybridized carbons (Fsp3) is 0.429. The predicted molar refractivity (Wildman–Crippen MR) is 137 cm³/mol. The number of nitrogens with zero attached hydrogens (tertiary/aromatic N) is 2. The van der Waals surface area contributed by atoms with Crippen molar-refractivity contribution in [2.75, 3.05) is 26.7 Å². The molecule has 0 fully saturated rings. The van der Waals surface area contributed by atoms with Crippen molar-refractivity contribution in [1.82, 2.24) is 14.8 Å². The van der Waals surface area contributed by atoms with E-state index in [2.05, 4.69) is 24.0 Å². The molecule has 1 heterocycles. The van der Waals surface area contributed by atoms with Crippen molar-refractivity contribution in [1.29, 1.82) is 0 Å². The zero-order valence-electron chi connectivity index (χ0n) is 20.7. The highest BCUT2D eigenvalue weighted by Gasteiger charge is 2.21. The summed E-state index contributed by atoms with van der Waals surface area (Å²) in [5.74, 6) is 0.831. The summed E-state index contributed by atoms with van der Waals surface area (Å²) in [4.78, 5) is 33.1. The number of H-pyrrole nitrogens is 1. The molecule has 34 heavy (non-hydrogen) atoms. The van der Waals surface area contributed by atoms with E-state index in [0.29, 0.717) is 26.1 Å². The SMILES string of the molecule is CCCCN(CC(=O)N(CCc1c[nH]c2ccccc12)Cc1ccc(OC)cc1)C(=O)CCC. The first-order valence-corrected chi connectivity index (χ1v) is 12.3. The monoisotopic (exact) mass is 463 g/mol. The third-order valence-electron chi connectivity index (χ3n) is 6.14. The molecule has 1 aromatic heterocycles. The number of methoxy groups -OCH3 is 1. The maximum atomic E-state index is 13.5. The summed E-state index contributed by atoms with van der Waals surface area (Å²) >= 11 is 0. The molecule has 0 unspecified atom stereocenters. The van der Waals surface area contributed by atoms with Gasteiger partial charge in [-0.05, 0) is 48.6 Å². The first-order valence-electron chi connectivity index (χ1n) is 12.3. The minimum atomic E-state index is -0.0174. The lowest BCUT2D eigenvalue weighted by molar-refractivity contribution is -0.141. The van der Waals surface area contributed by atoms with Crippen LogP contribution in [0.15, 0.2) is 54.7 Å². The molecule has 0 radical (unpaired) electrons. The van der Waals surface area contributed by atoms with Crippen LogP contribution in [0.5, 0.6) is 5.75 Å². The summed E-state index contributed by atoms with van der Waals surface area (Å²) in [5.41, 5.74) is 3.32. The van der Waals surface area contributed by atoms with Crippen LogP contribution in [0.2, 0.25) is 0 Å². The number of fused-ring (bicyclic) bond motifs is 1. The molecule has 182 valence electrons. The number of carbonyl (C=O) groups is 2. The van der Waals surface area contributed by atoms with Crippen LogP contribution in [0.3, 0.4) is 0 Å². The number of para-hydroxylation sites is 1. The van der Waals surface area contributed by atoms with E-state index in [0.717, 1.165) is 42.5 Å². The van der Waals surface area contributed by atoms with Crippen molar-refractivity contribution < 1.29 is 14.3 Å². The molecule has 6 nitrogen and oxygen atoms in total. The molecule has 0 aliphatic heterocycles. The first kappa shape index (κ1) is 25.3. The number of amides is 2. The largest absolute Gasteiger partial charge is 0.497 e. The van der Waals surface area contributed by atoms with E-state index < -0.39 is 0 Å². The Hall–Kier alpha value is -3.28. The number of unbranched alkanes of at least 4 members (excludes halogenated alkanes) is 1. The molecule has 3 rings (SSSR count). The van der Waals surface area contributed by atoms with Crippen LogP contribution in [-0.4, -0.2) is 53.3 Å². The number of aromatic amines is 1. The minimum Gasteiger partial charge on any atom is -0.497 e. The molecular weight excluding hydrogens is 426 g/mol. The predicted octanol–water partition coefficient (Wildman–Crippen LogP) is 5.18. The fourth-order valence-electron chi connectivity index (χ4n) is 4.11. The molecule has 0 bridgehead atoms. The second-order valence-corrected chi connectivity index (χ2v) is 8.69. The van der Waals surface area contributed by atoms with Crippen LogP contribution in [0.25, 0.3) is 10.9 Å². The van der Waals surface area contributed by atoms with E-state index in [1.54, 1.807) is 12.0 Å². The molecule has 2 aromatic carbocycles. The van der Waals surface area contributed by atoms with Crippen molar-refractivity contribution >= 4 is 22.7 Å². The molecule has 0 saturated carbocycles. The standard InChI is InChI=1S/C28H37N3O3/c1-4-6-17-30(27(32)9-5-2)21-28(33)31(20-22-12-14-24(34-3)15-13-22)18-16-23-19-29-26-11-8-7-10-25(23)26/h7-8,10-15,19,29H,4-6,9,16-18,20-21H2,1-3H3. The topological polar surface area (TPSA) is 65.6 Å². The average molecular weight is 464 g/mol. The summed E-state index contributed by atoms with van der Waals surface area (Å²) in [5, 5.41) is 1.18. The normalized spacial score (nSPS) is 10.9. The number of aromatic nitrogens is 1. The summed E-state index contributed by atoms with van der Waals surface area (Å²) in [7, 11) is 1.64. The molecule has 3 aromatic rings. The van der Waals surface area contributed by atoms with Gasteiger partial charge in [0, 0.05) is 43.2 Å². The second kappa shape index (κ2) is 12.8. The first-order chi connectivity index (χ1) is 16.5. The van der Waals surface area contributed by atoms with Crippen LogP contribution < -0.4 is 4.74 Å². The van der Waals surface area contributed by atoms with Gasteiger partial charge in [-0.3, -0.25) is 9.59 Å². The van der Waals surface area contributed by atoms with Crippen LogP contribution in [0.1, 0.15) is 50.7 Å². The number of nitrogens with one attached hydrogen (secondary N) is 1. The average Bonchev–Trinajstić information content (AvgIpc) is 3.27. The molecule has 0 atom stereocenters. The minimum absolute atomic E-state index is 0.0174. The van der Waals surface area contributed by atoms with Gasteiger partial charge in [-0.2, -0.15) is 0 Å². The number of hydrogen-bond acceptors (Lipinski definition) is 3. The van der Waals surface area contributed by atoms with Crippen molar-refractivity contribution in [3.05, 3.63) is 65.9 Å². The summed E-state index contributed by atoms with van der Waals surface area (Å²) in [6, 6.07) is 16.0. The Balaban J connectivity index is 1.77. The lowest BCUT2D eigenvalue weighted by Crippen LogP contribution is -2.43. The molecule has 6 heteroatoms. The van der Waals surface area contributed by atoms with Gasteiger partial charge in [0.1, 0.15) is 5.75 Å². The van der Waals surface area contributed by atoms with Gasteiger partial charge >= 0.3 is 0 Å². The highest BCUT2D eigenvalue weighted by Crippen LogP contribution is 2.19. The number of rotatable bonds is 13. The van der Waals surface area contributed by atoms with E-state index >= 15 is 0 Å². The summed E-state index contributed by atoms with van der Waals surface area (Å²) in [6.07, 6.45) is 5.91. The van der Waals surface area contributed by atoms with E-state index in [1.165, 1.54) is 10.9 Å². The van der Waals surface area contributed by atoms with E-state index in [4.69, 9.17) is 4.74 Å². The van der Waals surface area contributed by atoms with Crippen LogP contribution in [0, 0.1) is 0 Å². The third-order valence-corrected chi connectivity index (χ3v) is 6.14. The Morgan fingerprint density at radius 3 is 2.38 bits per heavy atom. The van der Waals surface area contributed by atoms with Gasteiger partial charge in [0.25, 0.3) is 0 Å². The molecule has 0 aliphatic carbocycles. The van der Waals surface area contributed by atoms with Crippen molar-refractivity contribution in [2.24, 2.45) is 0 Å². The number of carbonyl (C=O) groups excluding carboxylic acids is 2. The quantitative estimate of drug-likeness (QED) is 0.380. The maximum Gasteiger partial charge on any atom is 0.242 e. The smallest absolute Gasteiger partial charge is 0.242 e. The van der Waals surface area contributed by atoms with E-state index in [9.17, 15) is 9.59 Å². The summed E-state index contributed by atoms with van der Waals surface area (Å²) in [6.45, 7) is 5.92. The van der Waals surface area contributed by atoms with E-state index in [-0.39, 0.29) is 18.4 Å². The zero-order chi connectivity index (χ0) is 24.3. The second-order valence-electron chi connectivity index (χ2n) is 8.69. The van der Waals surface area contributed by atoms with Gasteiger partial charge in [0.05, 0.1) is 13.7 Å². The number of ether oxygens (including phenoxy) is 1. The Bertz CT molecular complexity index is 1060. The Labute approximate surface area is 202 Å². The van der Waals surface area contributed by atoms with Gasteiger partial charge in [-0.1, -0.05) is 50.6 Å². The Morgan fingerprint density at radius 2 is 1.68 bits per heavy atom. The van der Waals surface area contributed by atoms with Gasteiger partial charge < -0.3 is 19.5 Å². The van der Waals surface area contributed by atoms with Crippen molar-refractivity contribution in [2.45, 2.75) is 52.5 Å². The molecule has 2 amide bonds. The molecule has 0 saturated heterocycles. The van der Waals surface area contributed by atoms with Gasteiger partial charge in [0.15, 0.2) is 0 Å². The van der Waals surface area contributed by atoms with Crippen molar-refractivity contribution in [3.8, 4) is 5.75 Å². The third kappa shape index (κ3) is 6.86. The lowest BCUT2D eigenvalue weighted by Gasteiger charge is -2.28. The fourth-order valence-corrected chi connectivity index (χ4v) is 4.11. The number of hydrogen-bond donors (Lipinski definition) is 1. The van der Waals surface area contributed by atoms with Crippen molar-refractivity contribution in [3.63, 3.8) is 0 Å². The summed E-state index contributed by atoms with van der Waals surface area (Å²) < 4.78 is 5.27. The molecule has 0 spiro atoms. The number of benzene rings is 2. The zero-order valence-corrected chi connectivity index (χ0v) is 20.7. The van der Waals surface area contributed by atoms with Crippen LogP contribution in [-0.2, 0) is 22.6 Å². The molecular formula is C28H37N3O3. The van der Waals surface area contributed by atoms with Gasteiger partial charge in [-0.25, -0.2) is 0 Å². The maximum absolute atomic E-state index is 13.5. The Kier molecular flexibility index (Phi) is 9.56. The molecule has 0 aliphatic rings. The van der Waals surface area contributed by atoms with E-state index in [1.807, 2.05) is 54.4 Å². The van der Waals surface area contributed by atoms with Gasteiger partial charge in [-0.15, -0.1) is 0 Å². The highest BCUT2D eigenvalue weighted by atomic mass is 16.5. The Morgan fingerprint density at radius 1 is 0.912 bits per heavy atom. The van der Waals surface area contributed by atoms with Crippen LogP contribution in [0.4, 0.5) is 0 Å². The molecule has 1 N–H and O–H groups in total.